The summed E-state index contributed by atoms with van der Waals surface area (Å²) in [6.07, 6.45) is 5.38. The Balaban J connectivity index is 1.91. The highest BCUT2D eigenvalue weighted by Crippen LogP contribution is 2.29. The van der Waals surface area contributed by atoms with E-state index in [2.05, 4.69) is 15.3 Å². The molecule has 4 rings (SSSR count). The smallest absolute Gasteiger partial charge is 0.131 e. The first-order valence-corrected chi connectivity index (χ1v) is 7.38. The second kappa shape index (κ2) is 5.40. The summed E-state index contributed by atoms with van der Waals surface area (Å²) in [6.45, 7) is 0. The lowest BCUT2D eigenvalue weighted by Crippen LogP contribution is -2.10. The quantitative estimate of drug-likeness (QED) is 0.587. The van der Waals surface area contributed by atoms with E-state index in [1.165, 1.54) is 0 Å². The van der Waals surface area contributed by atoms with Crippen LogP contribution in [0.2, 0.25) is 5.02 Å². The van der Waals surface area contributed by atoms with E-state index in [0.717, 1.165) is 16.0 Å². The highest BCUT2D eigenvalue weighted by molar-refractivity contribution is 6.30. The molecule has 0 spiro atoms. The van der Waals surface area contributed by atoms with Crippen LogP contribution in [0.4, 0.5) is 0 Å². The number of aromatic nitrogens is 5. The molecule has 1 unspecified atom stereocenters. The Morgan fingerprint density at radius 2 is 1.96 bits per heavy atom. The van der Waals surface area contributed by atoms with Crippen molar-refractivity contribution in [2.24, 2.45) is 0 Å². The van der Waals surface area contributed by atoms with Crippen LogP contribution in [0.1, 0.15) is 17.2 Å². The molecule has 2 aromatic carbocycles. The monoisotopic (exact) mass is 325 g/mol. The van der Waals surface area contributed by atoms with Crippen LogP contribution < -0.4 is 0 Å². The molecule has 1 atom stereocenters. The normalized spacial score (nSPS) is 12.6. The van der Waals surface area contributed by atoms with Gasteiger partial charge in [0.25, 0.3) is 0 Å². The molecule has 0 fully saturated rings. The van der Waals surface area contributed by atoms with Crippen LogP contribution in [0.25, 0.3) is 11.0 Å². The fraction of sp³-hybridized carbons (Fsp3) is 0.0625. The second-order valence-electron chi connectivity index (χ2n) is 5.19. The summed E-state index contributed by atoms with van der Waals surface area (Å²) in [6, 6.07) is 13.2. The number of hydrogen-bond donors (Lipinski definition) is 1. The third-order valence-electron chi connectivity index (χ3n) is 3.76. The standard InChI is InChI=1S/C16H12ClN5O/c17-13-3-1-2-11(8-13)16(21-7-6-18-10-21)12-4-5-14-15(9-12)22(23)20-19-14/h1-10,16,23H. The van der Waals surface area contributed by atoms with Crippen molar-refractivity contribution in [1.82, 2.24) is 24.7 Å². The summed E-state index contributed by atoms with van der Waals surface area (Å²) in [5.41, 5.74) is 3.17. The van der Waals surface area contributed by atoms with Gasteiger partial charge in [-0.1, -0.05) is 34.6 Å². The van der Waals surface area contributed by atoms with Gasteiger partial charge in [-0.3, -0.25) is 0 Å². The number of nitrogens with zero attached hydrogens (tertiary/aromatic N) is 5. The maximum Gasteiger partial charge on any atom is 0.131 e. The van der Waals surface area contributed by atoms with Gasteiger partial charge in [0.05, 0.1) is 12.4 Å². The molecule has 0 aliphatic rings. The molecule has 2 aromatic heterocycles. The lowest BCUT2D eigenvalue weighted by Gasteiger charge is -2.20. The van der Waals surface area contributed by atoms with Crippen LogP contribution >= 0.6 is 11.6 Å². The van der Waals surface area contributed by atoms with Crippen molar-refractivity contribution in [3.8, 4) is 0 Å². The van der Waals surface area contributed by atoms with Gasteiger partial charge in [0, 0.05) is 17.4 Å². The molecule has 0 amide bonds. The Morgan fingerprint density at radius 1 is 1.09 bits per heavy atom. The van der Waals surface area contributed by atoms with Gasteiger partial charge in [-0.25, -0.2) is 4.98 Å². The molecule has 0 aliphatic heterocycles. The van der Waals surface area contributed by atoms with Crippen LogP contribution in [-0.4, -0.2) is 29.9 Å². The Hall–Kier alpha value is -2.86. The average Bonchev–Trinajstić information content (AvgIpc) is 3.19. The van der Waals surface area contributed by atoms with E-state index in [0.29, 0.717) is 16.1 Å². The van der Waals surface area contributed by atoms with Gasteiger partial charge < -0.3 is 9.77 Å². The molecule has 0 saturated carbocycles. The van der Waals surface area contributed by atoms with Crippen molar-refractivity contribution in [2.45, 2.75) is 6.04 Å². The van der Waals surface area contributed by atoms with Gasteiger partial charge in [0.15, 0.2) is 0 Å². The number of imidazole rings is 1. The van der Waals surface area contributed by atoms with Crippen LogP contribution in [-0.2, 0) is 0 Å². The van der Waals surface area contributed by atoms with Gasteiger partial charge in [0.2, 0.25) is 0 Å². The predicted octanol–water partition coefficient (Wildman–Crippen LogP) is 3.16. The maximum absolute atomic E-state index is 9.77. The minimum atomic E-state index is -0.115. The van der Waals surface area contributed by atoms with E-state index < -0.39 is 0 Å². The molecule has 7 heteroatoms. The van der Waals surface area contributed by atoms with Crippen LogP contribution in [0.5, 0.6) is 0 Å². The van der Waals surface area contributed by atoms with Crippen molar-refractivity contribution in [2.75, 3.05) is 0 Å². The fourth-order valence-corrected chi connectivity index (χ4v) is 2.93. The van der Waals surface area contributed by atoms with Crippen molar-refractivity contribution in [3.05, 3.63) is 77.3 Å². The van der Waals surface area contributed by atoms with Crippen LogP contribution in [0.3, 0.4) is 0 Å². The molecule has 23 heavy (non-hydrogen) atoms. The Labute approximate surface area is 136 Å². The molecular formula is C16H12ClN5O. The predicted molar refractivity (Wildman–Crippen MR) is 85.6 cm³/mol. The molecule has 4 aromatic rings. The first-order valence-electron chi connectivity index (χ1n) is 7.00. The average molecular weight is 326 g/mol. The van der Waals surface area contributed by atoms with Gasteiger partial charge >= 0.3 is 0 Å². The molecule has 0 aliphatic carbocycles. The van der Waals surface area contributed by atoms with Crippen molar-refractivity contribution >= 4 is 22.6 Å². The number of benzene rings is 2. The Morgan fingerprint density at radius 3 is 2.74 bits per heavy atom. The number of hydrogen-bond acceptors (Lipinski definition) is 4. The lowest BCUT2D eigenvalue weighted by atomic mass is 9.98. The Kier molecular flexibility index (Phi) is 3.24. The summed E-state index contributed by atoms with van der Waals surface area (Å²) in [5.74, 6) is 0. The summed E-state index contributed by atoms with van der Waals surface area (Å²) in [4.78, 5) is 4.92. The number of rotatable bonds is 3. The largest absolute Gasteiger partial charge is 0.410 e. The summed E-state index contributed by atoms with van der Waals surface area (Å²) >= 11 is 6.15. The van der Waals surface area contributed by atoms with Gasteiger partial charge in [-0.05, 0) is 40.6 Å². The van der Waals surface area contributed by atoms with E-state index >= 15 is 0 Å². The Bertz CT molecular complexity index is 964. The molecule has 0 saturated heterocycles. The molecule has 114 valence electrons. The van der Waals surface area contributed by atoms with Crippen molar-refractivity contribution < 1.29 is 5.21 Å². The van der Waals surface area contributed by atoms with Crippen LogP contribution in [0, 0.1) is 0 Å². The third-order valence-corrected chi connectivity index (χ3v) is 3.99. The van der Waals surface area contributed by atoms with Gasteiger partial charge in [-0.2, -0.15) is 0 Å². The SMILES string of the molecule is On1nnc2ccc(C(c3cccc(Cl)c3)n3ccnc3)cc21. The minimum absolute atomic E-state index is 0.115. The number of fused-ring (bicyclic) bond motifs is 1. The van der Waals surface area contributed by atoms with Crippen molar-refractivity contribution in [3.63, 3.8) is 0 Å². The van der Waals surface area contributed by atoms with E-state index in [1.807, 2.05) is 53.2 Å². The molecule has 0 bridgehead atoms. The molecule has 2 heterocycles. The van der Waals surface area contributed by atoms with Crippen LogP contribution in [0.15, 0.2) is 61.2 Å². The molecular weight excluding hydrogens is 314 g/mol. The summed E-state index contributed by atoms with van der Waals surface area (Å²) in [7, 11) is 0. The van der Waals surface area contributed by atoms with E-state index in [9.17, 15) is 5.21 Å². The zero-order chi connectivity index (χ0) is 15.8. The summed E-state index contributed by atoms with van der Waals surface area (Å²) in [5, 5.41) is 18.0. The highest BCUT2D eigenvalue weighted by Gasteiger charge is 2.18. The third kappa shape index (κ3) is 2.43. The van der Waals surface area contributed by atoms with Crippen molar-refractivity contribution in [1.29, 1.82) is 0 Å². The summed E-state index contributed by atoms with van der Waals surface area (Å²) < 4.78 is 1.98. The zero-order valence-electron chi connectivity index (χ0n) is 11.9. The van der Waals surface area contributed by atoms with Gasteiger partial charge in [-0.15, -0.1) is 5.10 Å². The first kappa shape index (κ1) is 13.8. The zero-order valence-corrected chi connectivity index (χ0v) is 12.7. The first-order chi connectivity index (χ1) is 11.2. The van der Waals surface area contributed by atoms with E-state index in [-0.39, 0.29) is 6.04 Å². The fourth-order valence-electron chi connectivity index (χ4n) is 2.73. The minimum Gasteiger partial charge on any atom is -0.410 e. The van der Waals surface area contributed by atoms with Gasteiger partial charge in [0.1, 0.15) is 11.0 Å². The van der Waals surface area contributed by atoms with E-state index in [4.69, 9.17) is 11.6 Å². The second-order valence-corrected chi connectivity index (χ2v) is 5.63. The number of halogens is 1. The molecule has 6 nitrogen and oxygen atoms in total. The lowest BCUT2D eigenvalue weighted by molar-refractivity contribution is 0.154. The maximum atomic E-state index is 9.77. The molecule has 1 N–H and O–H groups in total. The van der Waals surface area contributed by atoms with E-state index in [1.54, 1.807) is 12.5 Å². The topological polar surface area (TPSA) is 68.8 Å². The highest BCUT2D eigenvalue weighted by atomic mass is 35.5. The molecule has 0 radical (unpaired) electrons.